The molecule has 0 saturated heterocycles. The molecule has 0 bridgehead atoms. The summed E-state index contributed by atoms with van der Waals surface area (Å²) < 4.78 is 5.33. The van der Waals surface area contributed by atoms with Gasteiger partial charge in [-0.1, -0.05) is 24.3 Å². The van der Waals surface area contributed by atoms with Gasteiger partial charge in [0.1, 0.15) is 12.2 Å². The van der Waals surface area contributed by atoms with Gasteiger partial charge in [0, 0.05) is 17.2 Å². The lowest BCUT2D eigenvalue weighted by atomic mass is 9.81. The molecule has 2 aliphatic rings. The Kier molecular flexibility index (Phi) is 3.14. The smallest absolute Gasteiger partial charge is 0.282 e. The summed E-state index contributed by atoms with van der Waals surface area (Å²) >= 11 is 0. The van der Waals surface area contributed by atoms with Crippen LogP contribution in [0.15, 0.2) is 35.3 Å². The number of nitrogens with two attached hydrogens (primary N) is 1. The lowest BCUT2D eigenvalue weighted by Crippen LogP contribution is -2.25. The zero-order valence-electron chi connectivity index (χ0n) is 12.8. The topological polar surface area (TPSA) is 125 Å². The Morgan fingerprint density at radius 2 is 1.72 bits per heavy atom. The second-order valence-electron chi connectivity index (χ2n) is 5.60. The van der Waals surface area contributed by atoms with E-state index in [1.165, 1.54) is 12.1 Å². The molecule has 124 valence electrons. The van der Waals surface area contributed by atoms with E-state index in [0.29, 0.717) is 13.2 Å². The summed E-state index contributed by atoms with van der Waals surface area (Å²) in [5.74, 6) is -0.974. The van der Waals surface area contributed by atoms with E-state index in [4.69, 9.17) is 10.5 Å². The molecule has 4 rings (SSSR count). The molecule has 0 radical (unpaired) electrons. The van der Waals surface area contributed by atoms with E-state index >= 15 is 0 Å². The summed E-state index contributed by atoms with van der Waals surface area (Å²) in [5.41, 5.74) is 5.61. The van der Waals surface area contributed by atoms with E-state index in [-0.39, 0.29) is 39.4 Å². The van der Waals surface area contributed by atoms with Crippen molar-refractivity contribution in [2.45, 2.75) is 0 Å². The zero-order chi connectivity index (χ0) is 17.7. The van der Waals surface area contributed by atoms with E-state index < -0.39 is 22.2 Å². The number of nitro groups is 1. The van der Waals surface area contributed by atoms with Crippen LogP contribution in [0.5, 0.6) is 0 Å². The summed E-state index contributed by atoms with van der Waals surface area (Å²) in [4.78, 5) is 40.6. The van der Waals surface area contributed by atoms with Crippen LogP contribution in [0.2, 0.25) is 0 Å². The van der Waals surface area contributed by atoms with Gasteiger partial charge in [0.25, 0.3) is 5.69 Å². The number of ether oxygens (including phenoxy) is 1. The Hall–Kier alpha value is -3.55. The van der Waals surface area contributed by atoms with E-state index in [0.717, 1.165) is 6.07 Å². The molecule has 25 heavy (non-hydrogen) atoms. The van der Waals surface area contributed by atoms with Crippen molar-refractivity contribution in [3.63, 3.8) is 0 Å². The van der Waals surface area contributed by atoms with E-state index in [1.54, 1.807) is 12.1 Å². The number of nitro benzene ring substituents is 1. The SMILES string of the molecule is Nc1c(C2=NCCO2)cc([N+](=O)[O-])c2c1C(=O)c1ccccc1C2=O. The van der Waals surface area contributed by atoms with Crippen LogP contribution in [0, 0.1) is 10.1 Å². The van der Waals surface area contributed by atoms with Gasteiger partial charge < -0.3 is 10.5 Å². The van der Waals surface area contributed by atoms with Crippen molar-refractivity contribution in [2.24, 2.45) is 4.99 Å². The Bertz CT molecular complexity index is 1010. The van der Waals surface area contributed by atoms with Crippen molar-refractivity contribution >= 4 is 28.8 Å². The van der Waals surface area contributed by atoms with E-state index in [2.05, 4.69) is 4.99 Å². The lowest BCUT2D eigenvalue weighted by molar-refractivity contribution is -0.385. The predicted octanol–water partition coefficient (Wildman–Crippen LogP) is 1.73. The minimum absolute atomic E-state index is 0.0332. The number of hydrogen-bond acceptors (Lipinski definition) is 7. The molecule has 1 aliphatic heterocycles. The molecular weight excluding hydrogens is 326 g/mol. The molecule has 2 aromatic carbocycles. The van der Waals surface area contributed by atoms with Gasteiger partial charge in [-0.2, -0.15) is 0 Å². The number of ketones is 2. The average Bonchev–Trinajstić information content (AvgIpc) is 3.13. The molecule has 0 spiro atoms. The van der Waals surface area contributed by atoms with Crippen molar-refractivity contribution < 1.29 is 19.2 Å². The Labute approximate surface area is 141 Å². The van der Waals surface area contributed by atoms with Crippen LogP contribution in [0.3, 0.4) is 0 Å². The van der Waals surface area contributed by atoms with Gasteiger partial charge in [-0.15, -0.1) is 0 Å². The van der Waals surface area contributed by atoms with Crippen molar-refractivity contribution in [2.75, 3.05) is 18.9 Å². The number of carbonyl (C=O) groups is 2. The van der Waals surface area contributed by atoms with Crippen LogP contribution >= 0.6 is 0 Å². The van der Waals surface area contributed by atoms with Gasteiger partial charge in [-0.25, -0.2) is 4.99 Å². The van der Waals surface area contributed by atoms with Crippen LogP contribution < -0.4 is 5.73 Å². The number of nitrogens with zero attached hydrogens (tertiary/aromatic N) is 2. The maximum atomic E-state index is 12.9. The number of benzene rings is 2. The number of rotatable bonds is 2. The molecule has 0 amide bonds. The van der Waals surface area contributed by atoms with Crippen LogP contribution in [0.4, 0.5) is 11.4 Å². The van der Waals surface area contributed by atoms with Gasteiger partial charge in [-0.05, 0) is 0 Å². The average molecular weight is 337 g/mol. The number of hydrogen-bond donors (Lipinski definition) is 1. The van der Waals surface area contributed by atoms with Gasteiger partial charge in [0.05, 0.1) is 28.3 Å². The van der Waals surface area contributed by atoms with E-state index in [9.17, 15) is 19.7 Å². The summed E-state index contributed by atoms with van der Waals surface area (Å²) in [7, 11) is 0. The van der Waals surface area contributed by atoms with Crippen LogP contribution in [0.25, 0.3) is 0 Å². The highest BCUT2D eigenvalue weighted by Gasteiger charge is 2.39. The maximum absolute atomic E-state index is 12.9. The highest BCUT2D eigenvalue weighted by molar-refractivity contribution is 6.32. The summed E-state index contributed by atoms with van der Waals surface area (Å²) in [6.07, 6.45) is 0. The Morgan fingerprint density at radius 3 is 2.28 bits per heavy atom. The molecule has 0 saturated carbocycles. The molecule has 2 N–H and O–H groups in total. The zero-order valence-corrected chi connectivity index (χ0v) is 12.8. The number of nitrogen functional groups attached to an aromatic ring is 1. The second kappa shape index (κ2) is 5.23. The normalized spacial score (nSPS) is 15.3. The first-order chi connectivity index (χ1) is 12.0. The Balaban J connectivity index is 2.07. The van der Waals surface area contributed by atoms with Gasteiger partial charge in [0.15, 0.2) is 5.78 Å². The first-order valence-corrected chi connectivity index (χ1v) is 7.47. The molecule has 8 heteroatoms. The van der Waals surface area contributed by atoms with Crippen molar-refractivity contribution in [1.82, 2.24) is 0 Å². The third-order valence-corrected chi connectivity index (χ3v) is 4.23. The Morgan fingerprint density at radius 1 is 1.08 bits per heavy atom. The predicted molar refractivity (Wildman–Crippen MR) is 88.2 cm³/mol. The number of carbonyl (C=O) groups excluding carboxylic acids is 2. The molecule has 0 atom stereocenters. The first-order valence-electron chi connectivity index (χ1n) is 7.47. The fraction of sp³-hybridized carbons (Fsp3) is 0.118. The quantitative estimate of drug-likeness (QED) is 0.431. The third kappa shape index (κ3) is 2.04. The molecule has 1 aliphatic carbocycles. The third-order valence-electron chi connectivity index (χ3n) is 4.23. The first kappa shape index (κ1) is 15.0. The highest BCUT2D eigenvalue weighted by Crippen LogP contribution is 2.38. The number of anilines is 1. The van der Waals surface area contributed by atoms with Crippen LogP contribution in [-0.2, 0) is 4.74 Å². The molecule has 0 aromatic heterocycles. The molecule has 1 heterocycles. The monoisotopic (exact) mass is 337 g/mol. The van der Waals surface area contributed by atoms with Gasteiger partial charge in [-0.3, -0.25) is 19.7 Å². The largest absolute Gasteiger partial charge is 0.475 e. The molecule has 0 unspecified atom stereocenters. The fourth-order valence-corrected chi connectivity index (χ4v) is 3.12. The molecule has 8 nitrogen and oxygen atoms in total. The van der Waals surface area contributed by atoms with Crippen molar-refractivity contribution in [1.29, 1.82) is 0 Å². The van der Waals surface area contributed by atoms with Gasteiger partial charge in [0.2, 0.25) is 11.7 Å². The number of fused-ring (bicyclic) bond motifs is 2. The molecular formula is C17H11N3O5. The molecule has 0 fully saturated rings. The van der Waals surface area contributed by atoms with Gasteiger partial charge >= 0.3 is 0 Å². The summed E-state index contributed by atoms with van der Waals surface area (Å²) in [5, 5.41) is 11.5. The van der Waals surface area contributed by atoms with E-state index in [1.807, 2.05) is 0 Å². The second-order valence-corrected chi connectivity index (χ2v) is 5.60. The highest BCUT2D eigenvalue weighted by atomic mass is 16.6. The minimum Gasteiger partial charge on any atom is -0.475 e. The number of aliphatic imine (C=N–C) groups is 1. The molecule has 2 aromatic rings. The van der Waals surface area contributed by atoms with Crippen molar-refractivity contribution in [3.05, 3.63) is 68.3 Å². The minimum atomic E-state index is -0.698. The summed E-state index contributed by atoms with van der Waals surface area (Å²) in [6, 6.07) is 7.33. The van der Waals surface area contributed by atoms with Crippen LogP contribution in [-0.4, -0.2) is 35.5 Å². The standard InChI is InChI=1S/C17H11N3O5/c18-14-10(17-19-5-6-25-17)7-11(20(23)24)12-13(14)16(22)9-4-2-1-3-8(9)15(12)21/h1-4,7H,5-6,18H2. The maximum Gasteiger partial charge on any atom is 0.282 e. The van der Waals surface area contributed by atoms with Crippen LogP contribution in [0.1, 0.15) is 37.4 Å². The lowest BCUT2D eigenvalue weighted by Gasteiger charge is -2.20. The summed E-state index contributed by atoms with van der Waals surface area (Å²) in [6.45, 7) is 0.727. The fourth-order valence-electron chi connectivity index (χ4n) is 3.12. The van der Waals surface area contributed by atoms with Crippen molar-refractivity contribution in [3.8, 4) is 0 Å².